The first-order valence-corrected chi connectivity index (χ1v) is 7.08. The van der Waals surface area contributed by atoms with Crippen molar-refractivity contribution < 1.29 is 27.9 Å². The number of likely N-dealkylation sites (tertiary alicyclic amines) is 1. The summed E-state index contributed by atoms with van der Waals surface area (Å²) < 4.78 is 36.0. The van der Waals surface area contributed by atoms with Crippen LogP contribution >= 0.6 is 0 Å². The van der Waals surface area contributed by atoms with Crippen molar-refractivity contribution in [2.45, 2.75) is 57.2 Å². The minimum absolute atomic E-state index is 0.114. The van der Waals surface area contributed by atoms with Crippen LogP contribution in [-0.4, -0.2) is 46.8 Å². The van der Waals surface area contributed by atoms with Crippen molar-refractivity contribution >= 4 is 12.0 Å². The molecule has 0 aromatic rings. The van der Waals surface area contributed by atoms with Crippen molar-refractivity contribution in [2.75, 3.05) is 13.1 Å². The van der Waals surface area contributed by atoms with Crippen LogP contribution in [0.15, 0.2) is 0 Å². The topological polar surface area (TPSA) is 69.6 Å². The maximum atomic E-state index is 12.0. The van der Waals surface area contributed by atoms with E-state index in [0.29, 0.717) is 32.2 Å². The van der Waals surface area contributed by atoms with Gasteiger partial charge in [-0.15, -0.1) is 0 Å². The fourth-order valence-corrected chi connectivity index (χ4v) is 2.76. The Labute approximate surface area is 121 Å². The molecule has 8 heteroatoms. The fraction of sp³-hybridized carbons (Fsp3) is 0.846. The van der Waals surface area contributed by atoms with E-state index in [-0.39, 0.29) is 13.0 Å². The van der Waals surface area contributed by atoms with Crippen molar-refractivity contribution in [2.24, 2.45) is 0 Å². The Morgan fingerprint density at radius 1 is 1.38 bits per heavy atom. The summed E-state index contributed by atoms with van der Waals surface area (Å²) in [7, 11) is 0. The van der Waals surface area contributed by atoms with Crippen LogP contribution in [0.2, 0.25) is 0 Å². The Hall–Kier alpha value is -1.47. The number of rotatable bonds is 6. The molecule has 122 valence electrons. The number of hydrogen-bond acceptors (Lipinski definition) is 2. The minimum Gasteiger partial charge on any atom is -0.479 e. The van der Waals surface area contributed by atoms with Gasteiger partial charge in [-0.3, -0.25) is 0 Å². The third-order valence-corrected chi connectivity index (χ3v) is 3.71. The van der Waals surface area contributed by atoms with Crippen molar-refractivity contribution in [3.63, 3.8) is 0 Å². The zero-order valence-corrected chi connectivity index (χ0v) is 12.0. The van der Waals surface area contributed by atoms with Gasteiger partial charge in [-0.2, -0.15) is 13.2 Å². The molecule has 1 unspecified atom stereocenters. The molecule has 0 aromatic carbocycles. The predicted octanol–water partition coefficient (Wildman–Crippen LogP) is 2.76. The van der Waals surface area contributed by atoms with E-state index in [9.17, 15) is 27.9 Å². The van der Waals surface area contributed by atoms with Gasteiger partial charge in [0, 0.05) is 19.5 Å². The van der Waals surface area contributed by atoms with E-state index in [1.54, 1.807) is 0 Å². The lowest BCUT2D eigenvalue weighted by Gasteiger charge is -2.34. The second-order valence-electron chi connectivity index (χ2n) is 5.29. The molecule has 1 fully saturated rings. The lowest BCUT2D eigenvalue weighted by atomic mass is 9.91. The molecule has 1 rings (SSSR count). The Kier molecular flexibility index (Phi) is 5.86. The molecule has 0 bridgehead atoms. The Bertz CT molecular complexity index is 387. The highest BCUT2D eigenvalue weighted by atomic mass is 19.4. The van der Waals surface area contributed by atoms with Crippen LogP contribution in [0.25, 0.3) is 0 Å². The van der Waals surface area contributed by atoms with Crippen LogP contribution in [0.4, 0.5) is 18.0 Å². The molecule has 5 nitrogen and oxygen atoms in total. The van der Waals surface area contributed by atoms with Gasteiger partial charge in [-0.25, -0.2) is 9.59 Å². The zero-order valence-electron chi connectivity index (χ0n) is 12.0. The summed E-state index contributed by atoms with van der Waals surface area (Å²) in [6.45, 7) is 2.04. The van der Waals surface area contributed by atoms with E-state index in [2.05, 4.69) is 5.32 Å². The van der Waals surface area contributed by atoms with Gasteiger partial charge in [-0.1, -0.05) is 13.3 Å². The third kappa shape index (κ3) is 4.50. The molecule has 0 aliphatic carbocycles. The van der Waals surface area contributed by atoms with Crippen molar-refractivity contribution in [3.05, 3.63) is 0 Å². The van der Waals surface area contributed by atoms with Crippen molar-refractivity contribution in [1.82, 2.24) is 10.2 Å². The van der Waals surface area contributed by atoms with Crippen LogP contribution in [0, 0.1) is 0 Å². The molecule has 21 heavy (non-hydrogen) atoms. The highest BCUT2D eigenvalue weighted by molar-refractivity contribution is 5.87. The van der Waals surface area contributed by atoms with Crippen LogP contribution in [-0.2, 0) is 4.79 Å². The maximum absolute atomic E-state index is 12.0. The van der Waals surface area contributed by atoms with Gasteiger partial charge in [0.15, 0.2) is 0 Å². The molecule has 2 amide bonds. The number of nitrogens with zero attached hydrogens (tertiary/aromatic N) is 1. The molecular weight excluding hydrogens is 289 g/mol. The SMILES string of the molecule is CCCC1(C(=O)O)CCCN1C(=O)NCCCC(F)(F)F. The summed E-state index contributed by atoms with van der Waals surface area (Å²) in [5, 5.41) is 11.8. The third-order valence-electron chi connectivity index (χ3n) is 3.71. The van der Waals surface area contributed by atoms with Gasteiger partial charge in [0.1, 0.15) is 5.54 Å². The predicted molar refractivity (Wildman–Crippen MR) is 69.9 cm³/mol. The number of halogens is 3. The summed E-state index contributed by atoms with van der Waals surface area (Å²) >= 11 is 0. The summed E-state index contributed by atoms with van der Waals surface area (Å²) in [5.41, 5.74) is -1.22. The van der Waals surface area contributed by atoms with E-state index in [0.717, 1.165) is 0 Å². The van der Waals surface area contributed by atoms with Gasteiger partial charge >= 0.3 is 18.2 Å². The molecule has 1 aliphatic rings. The second-order valence-corrected chi connectivity index (χ2v) is 5.29. The monoisotopic (exact) mass is 310 g/mol. The summed E-state index contributed by atoms with van der Waals surface area (Å²) in [4.78, 5) is 24.8. The van der Waals surface area contributed by atoms with E-state index in [1.807, 2.05) is 6.92 Å². The van der Waals surface area contributed by atoms with Crippen LogP contribution in [0.5, 0.6) is 0 Å². The quantitative estimate of drug-likeness (QED) is 0.741. The first kappa shape index (κ1) is 17.6. The number of carboxylic acid groups (broad SMARTS) is 1. The molecule has 0 saturated carbocycles. The van der Waals surface area contributed by atoms with E-state index >= 15 is 0 Å². The number of nitrogens with one attached hydrogen (secondary N) is 1. The fourth-order valence-electron chi connectivity index (χ4n) is 2.76. The minimum atomic E-state index is -4.24. The Balaban J connectivity index is 2.57. The van der Waals surface area contributed by atoms with Crippen LogP contribution in [0.3, 0.4) is 0 Å². The maximum Gasteiger partial charge on any atom is 0.389 e. The molecule has 0 radical (unpaired) electrons. The van der Waals surface area contributed by atoms with Gasteiger partial charge in [0.05, 0.1) is 0 Å². The second kappa shape index (κ2) is 7.00. The van der Waals surface area contributed by atoms with Gasteiger partial charge in [0.25, 0.3) is 0 Å². The van der Waals surface area contributed by atoms with Gasteiger partial charge in [0.2, 0.25) is 0 Å². The lowest BCUT2D eigenvalue weighted by Crippen LogP contribution is -2.56. The van der Waals surface area contributed by atoms with E-state index in [4.69, 9.17) is 0 Å². The number of hydrogen-bond donors (Lipinski definition) is 2. The average Bonchev–Trinajstić information content (AvgIpc) is 2.79. The number of carbonyl (C=O) groups excluding carboxylic acids is 1. The summed E-state index contributed by atoms with van der Waals surface area (Å²) in [6.07, 6.45) is -3.49. The standard InChI is InChI=1S/C13H21F3N2O3/c1-2-5-12(10(19)20)6-4-9-18(12)11(21)17-8-3-7-13(14,15)16/h2-9H2,1H3,(H,17,21)(H,19,20). The number of amides is 2. The number of carboxylic acids is 1. The average molecular weight is 310 g/mol. The molecule has 1 saturated heterocycles. The molecule has 1 heterocycles. The zero-order chi connectivity index (χ0) is 16.1. The summed E-state index contributed by atoms with van der Waals surface area (Å²) in [5.74, 6) is -1.05. The normalized spacial score (nSPS) is 22.4. The highest BCUT2D eigenvalue weighted by Gasteiger charge is 2.49. The molecular formula is C13H21F3N2O3. The molecule has 1 atom stereocenters. The summed E-state index contributed by atoms with van der Waals surface area (Å²) in [6, 6.07) is -0.592. The molecule has 0 aromatic heterocycles. The van der Waals surface area contributed by atoms with Crippen molar-refractivity contribution in [1.29, 1.82) is 0 Å². The first-order chi connectivity index (χ1) is 9.73. The van der Waals surface area contributed by atoms with Crippen molar-refractivity contribution in [3.8, 4) is 0 Å². The number of urea groups is 1. The Morgan fingerprint density at radius 2 is 2.05 bits per heavy atom. The molecule has 2 N–H and O–H groups in total. The smallest absolute Gasteiger partial charge is 0.389 e. The number of aliphatic carboxylic acids is 1. The number of carbonyl (C=O) groups is 2. The van der Waals surface area contributed by atoms with Gasteiger partial charge in [-0.05, 0) is 25.7 Å². The first-order valence-electron chi connectivity index (χ1n) is 7.08. The van der Waals surface area contributed by atoms with Crippen LogP contribution < -0.4 is 5.32 Å². The van der Waals surface area contributed by atoms with E-state index < -0.39 is 30.1 Å². The Morgan fingerprint density at radius 3 is 2.57 bits per heavy atom. The van der Waals surface area contributed by atoms with Crippen LogP contribution in [0.1, 0.15) is 45.4 Å². The molecule has 0 spiro atoms. The molecule has 1 aliphatic heterocycles. The highest BCUT2D eigenvalue weighted by Crippen LogP contribution is 2.34. The van der Waals surface area contributed by atoms with Gasteiger partial charge < -0.3 is 15.3 Å². The number of alkyl halides is 3. The lowest BCUT2D eigenvalue weighted by molar-refractivity contribution is -0.148. The largest absolute Gasteiger partial charge is 0.479 e. The van der Waals surface area contributed by atoms with E-state index in [1.165, 1.54) is 4.90 Å².